The molecule has 3 heteroatoms. The van der Waals surface area contributed by atoms with Crippen molar-refractivity contribution >= 4 is 27.3 Å². The van der Waals surface area contributed by atoms with E-state index < -0.39 is 0 Å². The molecule has 0 spiro atoms. The average Bonchev–Trinajstić information content (AvgIpc) is 2.63. The lowest BCUT2D eigenvalue weighted by Gasteiger charge is -2.11. The predicted molar refractivity (Wildman–Crippen MR) is 78.6 cm³/mol. The zero-order chi connectivity index (χ0) is 12.4. The van der Waals surface area contributed by atoms with Crippen molar-refractivity contribution in [2.24, 2.45) is 5.73 Å². The van der Waals surface area contributed by atoms with E-state index in [-0.39, 0.29) is 6.04 Å². The Morgan fingerprint density at radius 3 is 2.59 bits per heavy atom. The molecule has 2 N–H and O–H groups in total. The molecule has 1 atom stereocenters. The van der Waals surface area contributed by atoms with Gasteiger partial charge in [-0.15, -0.1) is 11.3 Å². The highest BCUT2D eigenvalue weighted by Crippen LogP contribution is 2.31. The Hall–Kier alpha value is -0.640. The number of hydrogen-bond donors (Lipinski definition) is 1. The van der Waals surface area contributed by atoms with Gasteiger partial charge in [0, 0.05) is 20.3 Å². The molecule has 2 aromatic rings. The predicted octanol–water partition coefficient (Wildman–Crippen LogP) is 4.37. The first-order valence-electron chi connectivity index (χ1n) is 5.64. The molecular weight excluding hydrogens is 294 g/mol. The number of benzene rings is 1. The van der Waals surface area contributed by atoms with Crippen molar-refractivity contribution < 1.29 is 0 Å². The summed E-state index contributed by atoms with van der Waals surface area (Å²) in [5, 5.41) is 0. The molecule has 0 aliphatic carbocycles. The van der Waals surface area contributed by atoms with E-state index in [9.17, 15) is 0 Å². The fourth-order valence-electron chi connectivity index (χ4n) is 1.84. The molecule has 1 aromatic carbocycles. The first-order valence-corrected chi connectivity index (χ1v) is 7.25. The lowest BCUT2D eigenvalue weighted by Crippen LogP contribution is -2.12. The van der Waals surface area contributed by atoms with E-state index in [1.165, 1.54) is 20.9 Å². The van der Waals surface area contributed by atoms with Gasteiger partial charge in [-0.05, 0) is 53.4 Å². The number of nitrogens with two attached hydrogens (primary N) is 1. The highest BCUT2D eigenvalue weighted by Gasteiger charge is 2.12. The van der Waals surface area contributed by atoms with Gasteiger partial charge in [-0.2, -0.15) is 0 Å². The second kappa shape index (κ2) is 5.34. The third-order valence-corrected chi connectivity index (χ3v) is 5.21. The van der Waals surface area contributed by atoms with Crippen molar-refractivity contribution in [3.05, 3.63) is 55.7 Å². The van der Waals surface area contributed by atoms with Gasteiger partial charge in [-0.3, -0.25) is 0 Å². The Morgan fingerprint density at radius 2 is 2.00 bits per heavy atom. The van der Waals surface area contributed by atoms with Crippen LogP contribution in [0.25, 0.3) is 0 Å². The normalized spacial score (nSPS) is 12.7. The summed E-state index contributed by atoms with van der Waals surface area (Å²) >= 11 is 5.31. The first-order chi connectivity index (χ1) is 8.08. The van der Waals surface area contributed by atoms with E-state index >= 15 is 0 Å². The van der Waals surface area contributed by atoms with Gasteiger partial charge in [-0.25, -0.2) is 0 Å². The van der Waals surface area contributed by atoms with Gasteiger partial charge in [0.15, 0.2) is 0 Å². The summed E-state index contributed by atoms with van der Waals surface area (Å²) in [4.78, 5) is 2.54. The van der Waals surface area contributed by atoms with Crippen molar-refractivity contribution in [3.8, 4) is 0 Å². The maximum Gasteiger partial charge on any atom is 0.0431 e. The van der Waals surface area contributed by atoms with Gasteiger partial charge >= 0.3 is 0 Å². The maximum absolute atomic E-state index is 6.27. The van der Waals surface area contributed by atoms with Gasteiger partial charge in [0.05, 0.1) is 0 Å². The van der Waals surface area contributed by atoms with Crippen LogP contribution in [0.5, 0.6) is 0 Å². The molecule has 1 aromatic heterocycles. The third-order valence-electron chi connectivity index (χ3n) is 2.94. The first kappa shape index (κ1) is 12.8. The summed E-state index contributed by atoms with van der Waals surface area (Å²) in [6, 6.07) is 10.7. The fraction of sp³-hybridized carbons (Fsp3) is 0.286. The number of halogens is 1. The molecule has 0 fully saturated rings. The second-order valence-corrected chi connectivity index (χ2v) is 6.43. The molecule has 2 rings (SSSR count). The van der Waals surface area contributed by atoms with Crippen molar-refractivity contribution in [3.63, 3.8) is 0 Å². The molecule has 17 heavy (non-hydrogen) atoms. The largest absolute Gasteiger partial charge is 0.323 e. The van der Waals surface area contributed by atoms with Crippen LogP contribution < -0.4 is 5.73 Å². The standard InChI is InChI=1S/C14H16BrNS/c1-9-5-3-4-6-11(9)7-13(16)14-8-12(15)10(2)17-14/h3-6,8,13H,7,16H2,1-2H3. The SMILES string of the molecule is Cc1ccccc1CC(N)c1cc(Br)c(C)s1. The summed E-state index contributed by atoms with van der Waals surface area (Å²) in [5.74, 6) is 0. The molecule has 90 valence electrons. The molecule has 1 heterocycles. The Balaban J connectivity index is 2.17. The van der Waals surface area contributed by atoms with E-state index in [0.717, 1.165) is 10.9 Å². The maximum atomic E-state index is 6.27. The quantitative estimate of drug-likeness (QED) is 0.895. The zero-order valence-electron chi connectivity index (χ0n) is 10.0. The van der Waals surface area contributed by atoms with E-state index in [2.05, 4.69) is 60.1 Å². The van der Waals surface area contributed by atoms with Gasteiger partial charge < -0.3 is 5.73 Å². The highest BCUT2D eigenvalue weighted by atomic mass is 79.9. The van der Waals surface area contributed by atoms with E-state index in [4.69, 9.17) is 5.73 Å². The van der Waals surface area contributed by atoms with Crippen LogP contribution in [-0.2, 0) is 6.42 Å². The van der Waals surface area contributed by atoms with Crippen LogP contribution in [0.2, 0.25) is 0 Å². The summed E-state index contributed by atoms with van der Waals surface area (Å²) < 4.78 is 1.16. The van der Waals surface area contributed by atoms with Crippen LogP contribution in [0.1, 0.15) is 26.9 Å². The third kappa shape index (κ3) is 2.97. The Kier molecular flexibility index (Phi) is 4.02. The minimum absolute atomic E-state index is 0.0890. The van der Waals surface area contributed by atoms with Crippen molar-refractivity contribution in [1.82, 2.24) is 0 Å². The molecule has 0 aliphatic rings. The zero-order valence-corrected chi connectivity index (χ0v) is 12.4. The number of thiophene rings is 1. The monoisotopic (exact) mass is 309 g/mol. The van der Waals surface area contributed by atoms with Gasteiger partial charge in [-0.1, -0.05) is 24.3 Å². The summed E-state index contributed by atoms with van der Waals surface area (Å²) in [5.41, 5.74) is 8.92. The van der Waals surface area contributed by atoms with Gasteiger partial charge in [0.25, 0.3) is 0 Å². The van der Waals surface area contributed by atoms with Crippen LogP contribution in [0.4, 0.5) is 0 Å². The number of hydrogen-bond acceptors (Lipinski definition) is 2. The van der Waals surface area contributed by atoms with E-state index in [0.29, 0.717) is 0 Å². The fourth-order valence-corrected chi connectivity index (χ4v) is 3.40. The van der Waals surface area contributed by atoms with E-state index in [1.54, 1.807) is 11.3 Å². The highest BCUT2D eigenvalue weighted by molar-refractivity contribution is 9.10. The molecule has 0 saturated heterocycles. The minimum atomic E-state index is 0.0890. The minimum Gasteiger partial charge on any atom is -0.323 e. The topological polar surface area (TPSA) is 26.0 Å². The smallest absolute Gasteiger partial charge is 0.0431 e. The van der Waals surface area contributed by atoms with Crippen LogP contribution in [0, 0.1) is 13.8 Å². The summed E-state index contributed by atoms with van der Waals surface area (Å²) in [6.07, 6.45) is 0.902. The van der Waals surface area contributed by atoms with E-state index in [1.807, 2.05) is 0 Å². The van der Waals surface area contributed by atoms with Crippen LogP contribution in [0.3, 0.4) is 0 Å². The molecule has 0 saturated carbocycles. The van der Waals surface area contributed by atoms with Crippen molar-refractivity contribution in [1.29, 1.82) is 0 Å². The second-order valence-electron chi connectivity index (χ2n) is 4.29. The molecule has 0 radical (unpaired) electrons. The number of rotatable bonds is 3. The lowest BCUT2D eigenvalue weighted by atomic mass is 10.0. The Bertz CT molecular complexity index is 499. The van der Waals surface area contributed by atoms with Crippen molar-refractivity contribution in [2.75, 3.05) is 0 Å². The average molecular weight is 310 g/mol. The van der Waals surface area contributed by atoms with Crippen molar-refractivity contribution in [2.45, 2.75) is 26.3 Å². The van der Waals surface area contributed by atoms with Gasteiger partial charge in [0.2, 0.25) is 0 Å². The van der Waals surface area contributed by atoms with Crippen LogP contribution >= 0.6 is 27.3 Å². The summed E-state index contributed by atoms with van der Waals surface area (Å²) in [7, 11) is 0. The molecule has 0 bridgehead atoms. The Morgan fingerprint density at radius 1 is 1.29 bits per heavy atom. The molecule has 1 unspecified atom stereocenters. The summed E-state index contributed by atoms with van der Waals surface area (Å²) in [6.45, 7) is 4.25. The Labute approximate surface area is 115 Å². The molecule has 0 amide bonds. The van der Waals surface area contributed by atoms with Crippen LogP contribution in [0.15, 0.2) is 34.8 Å². The molecule has 0 aliphatic heterocycles. The number of aryl methyl sites for hydroxylation is 2. The molecule has 1 nitrogen and oxygen atoms in total. The molecular formula is C14H16BrNS. The van der Waals surface area contributed by atoms with Crippen LogP contribution in [-0.4, -0.2) is 0 Å². The lowest BCUT2D eigenvalue weighted by molar-refractivity contribution is 0.733. The van der Waals surface area contributed by atoms with Gasteiger partial charge in [0.1, 0.15) is 0 Å².